The summed E-state index contributed by atoms with van der Waals surface area (Å²) in [4.78, 5) is 0. The summed E-state index contributed by atoms with van der Waals surface area (Å²) in [6.07, 6.45) is 0. The lowest BCUT2D eigenvalue weighted by atomic mass is 10.1. The quantitative estimate of drug-likeness (QED) is 0.943. The maximum absolute atomic E-state index is 6.18. The second kappa shape index (κ2) is 5.58. The summed E-state index contributed by atoms with van der Waals surface area (Å²) < 4.78 is 12.6. The number of halogens is 1. The van der Waals surface area contributed by atoms with Gasteiger partial charge in [0.1, 0.15) is 0 Å². The van der Waals surface area contributed by atoms with Crippen LogP contribution in [0.1, 0.15) is 22.5 Å². The van der Waals surface area contributed by atoms with Gasteiger partial charge in [0.15, 0.2) is 11.5 Å². The molecule has 3 rings (SSSR count). The van der Waals surface area contributed by atoms with Gasteiger partial charge in [0.25, 0.3) is 0 Å². The number of rotatable bonds is 4. The zero-order valence-corrected chi connectivity index (χ0v) is 13.1. The van der Waals surface area contributed by atoms with Crippen molar-refractivity contribution >= 4 is 11.6 Å². The molecular weight excluding hydrogens is 290 g/mol. The summed E-state index contributed by atoms with van der Waals surface area (Å²) in [7, 11) is 1.96. The molecule has 0 saturated heterocycles. The monoisotopic (exact) mass is 307 g/mol. The molecule has 2 heterocycles. The maximum Gasteiger partial charge on any atom is 0.231 e. The molecule has 1 aliphatic heterocycles. The minimum absolute atomic E-state index is 0.236. The number of ether oxygens (including phenoxy) is 2. The van der Waals surface area contributed by atoms with E-state index in [0.717, 1.165) is 17.8 Å². The van der Waals surface area contributed by atoms with E-state index in [4.69, 9.17) is 21.1 Å². The first-order valence-electron chi connectivity index (χ1n) is 6.84. The minimum atomic E-state index is 0.236. The molecule has 0 saturated carbocycles. The summed E-state index contributed by atoms with van der Waals surface area (Å²) in [5.74, 6) is 1.35. The molecule has 0 atom stereocenters. The number of fused-ring (bicyclic) bond motifs is 1. The Bertz CT molecular complexity index is 682. The van der Waals surface area contributed by atoms with Crippen LogP contribution >= 0.6 is 11.6 Å². The zero-order valence-electron chi connectivity index (χ0n) is 12.4. The molecule has 0 spiro atoms. The summed E-state index contributed by atoms with van der Waals surface area (Å²) in [6, 6.07) is 3.87. The number of hydrogen-bond donors (Lipinski definition) is 1. The topological polar surface area (TPSA) is 48.3 Å². The van der Waals surface area contributed by atoms with Crippen LogP contribution in [0.3, 0.4) is 0 Å². The fourth-order valence-corrected chi connectivity index (χ4v) is 2.82. The third-order valence-electron chi connectivity index (χ3n) is 3.78. The number of aromatic nitrogens is 2. The highest BCUT2D eigenvalue weighted by molar-refractivity contribution is 6.32. The average Bonchev–Trinajstić information content (AvgIpc) is 2.99. The second-order valence-corrected chi connectivity index (χ2v) is 5.60. The largest absolute Gasteiger partial charge is 0.454 e. The minimum Gasteiger partial charge on any atom is -0.454 e. The van der Waals surface area contributed by atoms with E-state index in [1.807, 2.05) is 30.8 Å². The van der Waals surface area contributed by atoms with Crippen molar-refractivity contribution in [3.8, 4) is 11.5 Å². The van der Waals surface area contributed by atoms with Crippen molar-refractivity contribution in [2.24, 2.45) is 7.05 Å². The first kappa shape index (κ1) is 14.2. The summed E-state index contributed by atoms with van der Waals surface area (Å²) >= 11 is 6.18. The Labute approximate surface area is 128 Å². The molecule has 21 heavy (non-hydrogen) atoms. The van der Waals surface area contributed by atoms with Crippen molar-refractivity contribution in [3.05, 3.63) is 39.7 Å². The van der Waals surface area contributed by atoms with Crippen LogP contribution in [0.2, 0.25) is 5.02 Å². The molecule has 1 aliphatic rings. The molecule has 1 N–H and O–H groups in total. The van der Waals surface area contributed by atoms with Gasteiger partial charge in [-0.1, -0.05) is 11.6 Å². The highest BCUT2D eigenvalue weighted by Crippen LogP contribution is 2.39. The Kier molecular flexibility index (Phi) is 3.78. The smallest absolute Gasteiger partial charge is 0.231 e. The van der Waals surface area contributed by atoms with Crippen LogP contribution in [0.15, 0.2) is 12.1 Å². The van der Waals surface area contributed by atoms with Gasteiger partial charge in [-0.25, -0.2) is 0 Å². The molecule has 0 bridgehead atoms. The molecule has 1 aromatic heterocycles. The lowest BCUT2D eigenvalue weighted by molar-refractivity contribution is 0.174. The molecule has 2 aromatic rings. The first-order valence-corrected chi connectivity index (χ1v) is 7.22. The van der Waals surface area contributed by atoms with E-state index in [-0.39, 0.29) is 6.79 Å². The molecule has 0 unspecified atom stereocenters. The predicted molar refractivity (Wildman–Crippen MR) is 80.8 cm³/mol. The Hall–Kier alpha value is -1.72. The number of hydrogen-bond acceptors (Lipinski definition) is 4. The molecule has 6 heteroatoms. The Morgan fingerprint density at radius 2 is 2.10 bits per heavy atom. The predicted octanol–water partition coefficient (Wildman–Crippen LogP) is 2.71. The number of aryl methyl sites for hydroxylation is 2. The van der Waals surface area contributed by atoms with Gasteiger partial charge in [0.2, 0.25) is 6.79 Å². The Balaban J connectivity index is 1.67. The lowest BCUT2D eigenvalue weighted by Crippen LogP contribution is -2.14. The molecular formula is C15H18ClN3O2. The van der Waals surface area contributed by atoms with Gasteiger partial charge in [-0.2, -0.15) is 5.10 Å². The van der Waals surface area contributed by atoms with Crippen LogP contribution in [0.25, 0.3) is 0 Å². The van der Waals surface area contributed by atoms with E-state index in [1.54, 1.807) is 0 Å². The van der Waals surface area contributed by atoms with Crippen molar-refractivity contribution in [1.29, 1.82) is 0 Å². The van der Waals surface area contributed by atoms with Gasteiger partial charge in [0.05, 0.1) is 10.7 Å². The molecule has 0 fully saturated rings. The maximum atomic E-state index is 6.18. The van der Waals surface area contributed by atoms with Crippen LogP contribution in [0, 0.1) is 13.8 Å². The third kappa shape index (κ3) is 2.71. The fraction of sp³-hybridized carbons (Fsp3) is 0.400. The van der Waals surface area contributed by atoms with Crippen LogP contribution in [0.4, 0.5) is 0 Å². The van der Waals surface area contributed by atoms with Crippen LogP contribution < -0.4 is 14.8 Å². The van der Waals surface area contributed by atoms with E-state index in [0.29, 0.717) is 23.1 Å². The molecule has 0 amide bonds. The Morgan fingerprint density at radius 1 is 1.29 bits per heavy atom. The van der Waals surface area contributed by atoms with E-state index < -0.39 is 0 Å². The second-order valence-electron chi connectivity index (χ2n) is 5.19. The normalized spacial score (nSPS) is 13.0. The van der Waals surface area contributed by atoms with Crippen LogP contribution in [-0.2, 0) is 20.1 Å². The Morgan fingerprint density at radius 3 is 2.81 bits per heavy atom. The van der Waals surface area contributed by atoms with E-state index in [1.165, 1.54) is 11.3 Å². The van der Waals surface area contributed by atoms with Crippen molar-refractivity contribution in [2.75, 3.05) is 6.79 Å². The van der Waals surface area contributed by atoms with E-state index in [9.17, 15) is 0 Å². The highest BCUT2D eigenvalue weighted by atomic mass is 35.5. The summed E-state index contributed by atoms with van der Waals surface area (Å²) in [6.45, 7) is 5.83. The summed E-state index contributed by atoms with van der Waals surface area (Å²) in [5.41, 5.74) is 4.56. The molecule has 0 aliphatic carbocycles. The molecule has 112 valence electrons. The molecule has 1 aromatic carbocycles. The lowest BCUT2D eigenvalue weighted by Gasteiger charge is -2.08. The SMILES string of the molecule is Cc1nn(C)c(C)c1CNCc1cc(Cl)c2c(c1)OCO2. The van der Waals surface area contributed by atoms with Crippen LogP contribution in [-0.4, -0.2) is 16.6 Å². The van der Waals surface area contributed by atoms with E-state index >= 15 is 0 Å². The summed E-state index contributed by atoms with van der Waals surface area (Å²) in [5, 5.41) is 8.43. The standard InChI is InChI=1S/C15H18ClN3O2/c1-9-12(10(2)19(3)18-9)7-17-6-11-4-13(16)15-14(5-11)20-8-21-15/h4-5,17H,6-8H2,1-3H3. The van der Waals surface area contributed by atoms with Crippen molar-refractivity contribution in [1.82, 2.24) is 15.1 Å². The average molecular weight is 308 g/mol. The van der Waals surface area contributed by atoms with Crippen molar-refractivity contribution in [3.63, 3.8) is 0 Å². The third-order valence-corrected chi connectivity index (χ3v) is 4.06. The van der Waals surface area contributed by atoms with Crippen molar-refractivity contribution in [2.45, 2.75) is 26.9 Å². The van der Waals surface area contributed by atoms with Gasteiger partial charge in [-0.3, -0.25) is 4.68 Å². The van der Waals surface area contributed by atoms with Gasteiger partial charge < -0.3 is 14.8 Å². The molecule has 0 radical (unpaired) electrons. The number of nitrogens with one attached hydrogen (secondary N) is 1. The first-order chi connectivity index (χ1) is 10.1. The van der Waals surface area contributed by atoms with Gasteiger partial charge in [-0.05, 0) is 31.5 Å². The highest BCUT2D eigenvalue weighted by Gasteiger charge is 2.18. The van der Waals surface area contributed by atoms with Gasteiger partial charge in [0, 0.05) is 31.4 Å². The van der Waals surface area contributed by atoms with Gasteiger partial charge in [-0.15, -0.1) is 0 Å². The van der Waals surface area contributed by atoms with E-state index in [2.05, 4.69) is 17.3 Å². The van der Waals surface area contributed by atoms with Gasteiger partial charge >= 0.3 is 0 Å². The van der Waals surface area contributed by atoms with Crippen molar-refractivity contribution < 1.29 is 9.47 Å². The fourth-order valence-electron chi connectivity index (χ4n) is 2.53. The number of benzene rings is 1. The zero-order chi connectivity index (χ0) is 15.0. The molecule has 5 nitrogen and oxygen atoms in total. The van der Waals surface area contributed by atoms with Crippen LogP contribution in [0.5, 0.6) is 11.5 Å². The number of nitrogens with zero attached hydrogens (tertiary/aromatic N) is 2.